The van der Waals surface area contributed by atoms with Crippen LogP contribution in [-0.4, -0.2) is 15.7 Å². The van der Waals surface area contributed by atoms with Crippen molar-refractivity contribution in [2.75, 3.05) is 0 Å². The first-order valence-corrected chi connectivity index (χ1v) is 8.14. The molecule has 0 unspecified atom stereocenters. The molecular formula is C16H16ClN3OS. The predicted molar refractivity (Wildman–Crippen MR) is 90.7 cm³/mol. The molecule has 1 atom stereocenters. The summed E-state index contributed by atoms with van der Waals surface area (Å²) in [5.41, 5.74) is 1.93. The smallest absolute Gasteiger partial charge is 0.261 e. The lowest BCUT2D eigenvalue weighted by Gasteiger charge is -2.13. The third kappa shape index (κ3) is 2.74. The van der Waals surface area contributed by atoms with E-state index in [9.17, 15) is 4.79 Å². The number of carbonyl (C=O) groups excluding carboxylic acids is 1. The summed E-state index contributed by atoms with van der Waals surface area (Å²) < 4.78 is 1.81. The Bertz CT molecular complexity index is 818. The van der Waals surface area contributed by atoms with Gasteiger partial charge in [0.2, 0.25) is 0 Å². The molecule has 0 saturated carbocycles. The quantitative estimate of drug-likeness (QED) is 0.784. The van der Waals surface area contributed by atoms with E-state index in [1.165, 1.54) is 11.3 Å². The van der Waals surface area contributed by atoms with E-state index >= 15 is 0 Å². The number of nitrogens with one attached hydrogen (secondary N) is 1. The summed E-state index contributed by atoms with van der Waals surface area (Å²) in [5.74, 6) is -0.0759. The van der Waals surface area contributed by atoms with Crippen molar-refractivity contribution in [2.45, 2.75) is 19.9 Å². The van der Waals surface area contributed by atoms with Crippen molar-refractivity contribution in [2.24, 2.45) is 7.05 Å². The van der Waals surface area contributed by atoms with Gasteiger partial charge >= 0.3 is 0 Å². The molecule has 0 aliphatic carbocycles. The Kier molecular flexibility index (Phi) is 3.93. The number of aromatic nitrogens is 2. The van der Waals surface area contributed by atoms with Gasteiger partial charge in [-0.15, -0.1) is 11.3 Å². The van der Waals surface area contributed by atoms with Crippen molar-refractivity contribution < 1.29 is 4.79 Å². The van der Waals surface area contributed by atoms with E-state index in [0.717, 1.165) is 21.5 Å². The second-order valence-electron chi connectivity index (χ2n) is 5.29. The molecule has 6 heteroatoms. The van der Waals surface area contributed by atoms with Crippen molar-refractivity contribution in [3.05, 3.63) is 51.5 Å². The number of halogens is 1. The van der Waals surface area contributed by atoms with Gasteiger partial charge in [0.15, 0.2) is 0 Å². The third-order valence-corrected chi connectivity index (χ3v) is 5.05. The first-order valence-electron chi connectivity index (χ1n) is 6.95. The van der Waals surface area contributed by atoms with Gasteiger partial charge in [0, 0.05) is 17.5 Å². The molecule has 22 heavy (non-hydrogen) atoms. The minimum atomic E-state index is -0.101. The van der Waals surface area contributed by atoms with Crippen LogP contribution in [0.15, 0.2) is 30.3 Å². The number of nitrogens with zero attached hydrogens (tertiary/aromatic N) is 2. The molecule has 0 aliphatic rings. The second-order valence-corrected chi connectivity index (χ2v) is 6.76. The molecule has 1 aromatic carbocycles. The molecule has 0 fully saturated rings. The van der Waals surface area contributed by atoms with Crippen LogP contribution in [0.25, 0.3) is 10.2 Å². The van der Waals surface area contributed by atoms with E-state index in [-0.39, 0.29) is 11.9 Å². The van der Waals surface area contributed by atoms with E-state index < -0.39 is 0 Å². The maximum atomic E-state index is 12.4. The molecule has 3 aromatic rings. The van der Waals surface area contributed by atoms with Crippen molar-refractivity contribution in [3.8, 4) is 0 Å². The lowest BCUT2D eigenvalue weighted by atomic mass is 10.1. The second kappa shape index (κ2) is 5.74. The maximum Gasteiger partial charge on any atom is 0.261 e. The third-order valence-electron chi connectivity index (χ3n) is 3.62. The number of benzene rings is 1. The number of rotatable bonds is 3. The highest BCUT2D eigenvalue weighted by atomic mass is 35.5. The molecule has 2 aromatic heterocycles. The Balaban J connectivity index is 1.82. The lowest BCUT2D eigenvalue weighted by molar-refractivity contribution is 0.0944. The molecule has 2 heterocycles. The van der Waals surface area contributed by atoms with Gasteiger partial charge in [-0.05, 0) is 37.6 Å². The summed E-state index contributed by atoms with van der Waals surface area (Å²) in [5, 5.41) is 9.07. The topological polar surface area (TPSA) is 46.9 Å². The van der Waals surface area contributed by atoms with Gasteiger partial charge < -0.3 is 5.32 Å². The number of fused-ring (bicyclic) bond motifs is 1. The van der Waals surface area contributed by atoms with Gasteiger partial charge in [0.25, 0.3) is 5.91 Å². The van der Waals surface area contributed by atoms with E-state index in [1.54, 1.807) is 0 Å². The van der Waals surface area contributed by atoms with Gasteiger partial charge in [0.05, 0.1) is 16.6 Å². The van der Waals surface area contributed by atoms with Crippen LogP contribution in [0, 0.1) is 6.92 Å². The number of amides is 1. The monoisotopic (exact) mass is 333 g/mol. The van der Waals surface area contributed by atoms with Crippen molar-refractivity contribution in [1.82, 2.24) is 15.1 Å². The summed E-state index contributed by atoms with van der Waals surface area (Å²) in [4.78, 5) is 14.1. The minimum Gasteiger partial charge on any atom is -0.345 e. The van der Waals surface area contributed by atoms with Crippen LogP contribution in [0.3, 0.4) is 0 Å². The Morgan fingerprint density at radius 2 is 2.18 bits per heavy atom. The van der Waals surface area contributed by atoms with Gasteiger partial charge in [-0.3, -0.25) is 9.48 Å². The maximum absolute atomic E-state index is 12.4. The normalized spacial score (nSPS) is 12.5. The summed E-state index contributed by atoms with van der Waals surface area (Å²) in [6, 6.07) is 9.33. The van der Waals surface area contributed by atoms with Crippen LogP contribution < -0.4 is 5.32 Å². The van der Waals surface area contributed by atoms with E-state index in [4.69, 9.17) is 11.6 Å². The summed E-state index contributed by atoms with van der Waals surface area (Å²) in [7, 11) is 1.89. The highest BCUT2D eigenvalue weighted by molar-refractivity contribution is 7.20. The number of hydrogen-bond donors (Lipinski definition) is 1. The van der Waals surface area contributed by atoms with E-state index in [0.29, 0.717) is 9.90 Å². The number of aryl methyl sites for hydroxylation is 2. The van der Waals surface area contributed by atoms with Gasteiger partial charge in [0.1, 0.15) is 4.83 Å². The lowest BCUT2D eigenvalue weighted by Crippen LogP contribution is -2.25. The molecule has 4 nitrogen and oxygen atoms in total. The molecule has 0 bridgehead atoms. The molecule has 3 rings (SSSR count). The first-order chi connectivity index (χ1) is 10.5. The molecule has 0 spiro atoms. The average Bonchev–Trinajstić information content (AvgIpc) is 3.01. The Morgan fingerprint density at radius 1 is 1.41 bits per heavy atom. The molecule has 0 radical (unpaired) electrons. The Morgan fingerprint density at radius 3 is 2.86 bits per heavy atom. The van der Waals surface area contributed by atoms with Crippen molar-refractivity contribution in [1.29, 1.82) is 0 Å². The number of hydrogen-bond acceptors (Lipinski definition) is 3. The zero-order valence-corrected chi connectivity index (χ0v) is 14.1. The zero-order chi connectivity index (χ0) is 15.9. The Hall–Kier alpha value is -1.85. The summed E-state index contributed by atoms with van der Waals surface area (Å²) in [6.07, 6.45) is 0. The fourth-order valence-electron chi connectivity index (χ4n) is 2.44. The van der Waals surface area contributed by atoms with Crippen LogP contribution in [-0.2, 0) is 7.05 Å². The van der Waals surface area contributed by atoms with E-state index in [1.807, 2.05) is 55.9 Å². The standard InChI is InChI=1S/C16H16ClN3OS/c1-9(11-5-4-6-12(17)7-11)18-15(21)14-8-13-10(2)19-20(3)16(13)22-14/h4-9H,1-3H3,(H,18,21)/t9-/m0/s1. The SMILES string of the molecule is Cc1nn(C)c2sc(C(=O)N[C@@H](C)c3cccc(Cl)c3)cc12. The van der Waals surface area contributed by atoms with Gasteiger partial charge in [-0.25, -0.2) is 0 Å². The van der Waals surface area contributed by atoms with E-state index in [2.05, 4.69) is 10.4 Å². The van der Waals surface area contributed by atoms with Gasteiger partial charge in [-0.1, -0.05) is 23.7 Å². The molecule has 114 valence electrons. The first kappa shape index (κ1) is 15.1. The predicted octanol–water partition coefficient (Wildman–Crippen LogP) is 4.09. The van der Waals surface area contributed by atoms with Crippen LogP contribution in [0.4, 0.5) is 0 Å². The van der Waals surface area contributed by atoms with Crippen LogP contribution in [0.1, 0.15) is 33.9 Å². The number of carbonyl (C=O) groups is 1. The zero-order valence-electron chi connectivity index (χ0n) is 12.6. The summed E-state index contributed by atoms with van der Waals surface area (Å²) in [6.45, 7) is 3.90. The minimum absolute atomic E-state index is 0.0759. The van der Waals surface area contributed by atoms with Crippen molar-refractivity contribution in [3.63, 3.8) is 0 Å². The molecule has 0 aliphatic heterocycles. The molecule has 0 saturated heterocycles. The average molecular weight is 334 g/mol. The van der Waals surface area contributed by atoms with Gasteiger partial charge in [-0.2, -0.15) is 5.10 Å². The van der Waals surface area contributed by atoms with Crippen LogP contribution in [0.2, 0.25) is 5.02 Å². The largest absolute Gasteiger partial charge is 0.345 e. The van der Waals surface area contributed by atoms with Crippen LogP contribution in [0.5, 0.6) is 0 Å². The Labute approximate surface area is 137 Å². The number of thiophene rings is 1. The molecule has 1 N–H and O–H groups in total. The molecular weight excluding hydrogens is 318 g/mol. The summed E-state index contributed by atoms with van der Waals surface area (Å²) >= 11 is 7.45. The molecule has 1 amide bonds. The highest BCUT2D eigenvalue weighted by Gasteiger charge is 2.17. The fraction of sp³-hybridized carbons (Fsp3) is 0.250. The van der Waals surface area contributed by atoms with Crippen LogP contribution >= 0.6 is 22.9 Å². The highest BCUT2D eigenvalue weighted by Crippen LogP contribution is 2.28. The van der Waals surface area contributed by atoms with Crippen molar-refractivity contribution >= 4 is 39.1 Å². The fourth-order valence-corrected chi connectivity index (χ4v) is 3.67.